The van der Waals surface area contributed by atoms with Crippen molar-refractivity contribution in [1.82, 2.24) is 14.8 Å². The second-order valence-corrected chi connectivity index (χ2v) is 6.18. The molecule has 7 heteroatoms. The van der Waals surface area contributed by atoms with Crippen LogP contribution in [0.25, 0.3) is 11.3 Å². The van der Waals surface area contributed by atoms with Gasteiger partial charge in [-0.1, -0.05) is 0 Å². The molecule has 0 aliphatic carbocycles. The predicted octanol–water partition coefficient (Wildman–Crippen LogP) is 2.72. The van der Waals surface area contributed by atoms with E-state index in [9.17, 15) is 4.79 Å². The summed E-state index contributed by atoms with van der Waals surface area (Å²) in [5.41, 5.74) is 2.12. The Hall–Kier alpha value is -3.09. The lowest BCUT2D eigenvalue weighted by molar-refractivity contribution is 0.297. The molecule has 7 nitrogen and oxygen atoms in total. The van der Waals surface area contributed by atoms with Crippen LogP contribution < -0.4 is 15.0 Å². The summed E-state index contributed by atoms with van der Waals surface area (Å²) in [4.78, 5) is 16.5. The molecule has 0 atom stereocenters. The fourth-order valence-corrected chi connectivity index (χ4v) is 2.77. The molecule has 0 fully saturated rings. The number of oxazole rings is 1. The molecular weight excluding hydrogens is 334 g/mol. The standard InChI is InChI=1S/C19H19N3O4/c1-12-13(2)26-18(20-12)11-22-19(23)7-5-15(21-22)14-4-6-16-17(10-14)25-9-3-8-24-16/h4-7,10H,3,8-9,11H2,1-2H3. The molecule has 0 amide bonds. The lowest BCUT2D eigenvalue weighted by Gasteiger charge is -2.10. The number of aryl methyl sites for hydroxylation is 2. The van der Waals surface area contributed by atoms with Crippen molar-refractivity contribution in [3.05, 3.63) is 58.0 Å². The van der Waals surface area contributed by atoms with Gasteiger partial charge in [0, 0.05) is 18.1 Å². The maximum atomic E-state index is 12.2. The lowest BCUT2D eigenvalue weighted by atomic mass is 10.1. The minimum atomic E-state index is -0.211. The van der Waals surface area contributed by atoms with Crippen LogP contribution in [0.5, 0.6) is 11.5 Å². The van der Waals surface area contributed by atoms with Gasteiger partial charge in [-0.25, -0.2) is 9.67 Å². The summed E-state index contributed by atoms with van der Waals surface area (Å²) in [6, 6.07) is 8.85. The molecular formula is C19H19N3O4. The molecule has 0 N–H and O–H groups in total. The summed E-state index contributed by atoms with van der Waals surface area (Å²) in [6.07, 6.45) is 0.849. The largest absolute Gasteiger partial charge is 0.490 e. The van der Waals surface area contributed by atoms with Gasteiger partial charge in [0.1, 0.15) is 12.3 Å². The van der Waals surface area contributed by atoms with E-state index in [4.69, 9.17) is 13.9 Å². The van der Waals surface area contributed by atoms with Crippen molar-refractivity contribution in [2.75, 3.05) is 13.2 Å². The van der Waals surface area contributed by atoms with E-state index in [-0.39, 0.29) is 12.1 Å². The van der Waals surface area contributed by atoms with Gasteiger partial charge in [0.05, 0.1) is 24.6 Å². The number of rotatable bonds is 3. The van der Waals surface area contributed by atoms with Crippen molar-refractivity contribution >= 4 is 0 Å². The Morgan fingerprint density at radius 3 is 2.65 bits per heavy atom. The van der Waals surface area contributed by atoms with Crippen LogP contribution in [0, 0.1) is 13.8 Å². The second kappa shape index (κ2) is 6.67. The monoisotopic (exact) mass is 353 g/mol. The van der Waals surface area contributed by atoms with Crippen molar-refractivity contribution in [3.63, 3.8) is 0 Å². The molecule has 4 rings (SSSR count). The first-order valence-corrected chi connectivity index (χ1v) is 8.51. The van der Waals surface area contributed by atoms with Crippen LogP contribution in [0.1, 0.15) is 23.8 Å². The fourth-order valence-electron chi connectivity index (χ4n) is 2.77. The van der Waals surface area contributed by atoms with E-state index in [0.717, 1.165) is 29.2 Å². The van der Waals surface area contributed by atoms with E-state index in [1.54, 1.807) is 6.07 Å². The fraction of sp³-hybridized carbons (Fsp3) is 0.316. The molecule has 1 aliphatic rings. The van der Waals surface area contributed by atoms with E-state index < -0.39 is 0 Å². The summed E-state index contributed by atoms with van der Waals surface area (Å²) >= 11 is 0. The number of fused-ring (bicyclic) bond motifs is 1. The molecule has 1 aliphatic heterocycles. The molecule has 0 unspecified atom stereocenters. The topological polar surface area (TPSA) is 79.4 Å². The van der Waals surface area contributed by atoms with Gasteiger partial charge in [0.15, 0.2) is 11.5 Å². The first kappa shape index (κ1) is 16.4. The van der Waals surface area contributed by atoms with E-state index >= 15 is 0 Å². The molecule has 3 aromatic rings. The minimum absolute atomic E-state index is 0.186. The van der Waals surface area contributed by atoms with Gasteiger partial charge in [0.25, 0.3) is 5.56 Å². The summed E-state index contributed by atoms with van der Waals surface area (Å²) in [5, 5.41) is 4.46. The van der Waals surface area contributed by atoms with Gasteiger partial charge in [-0.3, -0.25) is 4.79 Å². The van der Waals surface area contributed by atoms with Crippen molar-refractivity contribution in [2.45, 2.75) is 26.8 Å². The smallest absolute Gasteiger partial charge is 0.267 e. The van der Waals surface area contributed by atoms with Crippen molar-refractivity contribution in [2.24, 2.45) is 0 Å². The maximum Gasteiger partial charge on any atom is 0.267 e. The molecule has 134 valence electrons. The highest BCUT2D eigenvalue weighted by atomic mass is 16.5. The van der Waals surface area contributed by atoms with Crippen LogP contribution in [0.2, 0.25) is 0 Å². The van der Waals surface area contributed by atoms with Crippen LogP contribution >= 0.6 is 0 Å². The third-order valence-electron chi connectivity index (χ3n) is 4.27. The van der Waals surface area contributed by atoms with Crippen molar-refractivity contribution in [1.29, 1.82) is 0 Å². The van der Waals surface area contributed by atoms with Gasteiger partial charge in [0.2, 0.25) is 5.89 Å². The number of nitrogens with zero attached hydrogens (tertiary/aromatic N) is 3. The van der Waals surface area contributed by atoms with Gasteiger partial charge >= 0.3 is 0 Å². The van der Waals surface area contributed by atoms with Gasteiger partial charge in [-0.05, 0) is 38.1 Å². The zero-order valence-electron chi connectivity index (χ0n) is 14.7. The molecule has 0 saturated carbocycles. The third kappa shape index (κ3) is 3.20. The first-order valence-electron chi connectivity index (χ1n) is 8.51. The molecule has 0 saturated heterocycles. The number of hydrogen-bond donors (Lipinski definition) is 0. The predicted molar refractivity (Wildman–Crippen MR) is 94.6 cm³/mol. The zero-order valence-corrected chi connectivity index (χ0v) is 14.7. The number of ether oxygens (including phenoxy) is 2. The maximum absolute atomic E-state index is 12.2. The Bertz CT molecular complexity index is 987. The quantitative estimate of drug-likeness (QED) is 0.720. The molecule has 0 spiro atoms. The normalized spacial score (nSPS) is 13.5. The molecule has 1 aromatic carbocycles. The minimum Gasteiger partial charge on any atom is -0.490 e. The summed E-state index contributed by atoms with van der Waals surface area (Å²) in [5.74, 6) is 2.63. The summed E-state index contributed by atoms with van der Waals surface area (Å²) < 4.78 is 18.3. The van der Waals surface area contributed by atoms with E-state index in [1.165, 1.54) is 10.7 Å². The third-order valence-corrected chi connectivity index (χ3v) is 4.27. The van der Waals surface area contributed by atoms with E-state index in [2.05, 4.69) is 10.1 Å². The highest BCUT2D eigenvalue weighted by Gasteiger charge is 2.14. The molecule has 2 aromatic heterocycles. The van der Waals surface area contributed by atoms with Gasteiger partial charge < -0.3 is 13.9 Å². The van der Waals surface area contributed by atoms with Crippen molar-refractivity contribution < 1.29 is 13.9 Å². The Morgan fingerprint density at radius 2 is 1.88 bits per heavy atom. The van der Waals surface area contributed by atoms with Crippen molar-refractivity contribution in [3.8, 4) is 22.8 Å². The highest BCUT2D eigenvalue weighted by Crippen LogP contribution is 2.33. The van der Waals surface area contributed by atoms with Crippen LogP contribution in [0.3, 0.4) is 0 Å². The molecule has 0 bridgehead atoms. The van der Waals surface area contributed by atoms with E-state index in [0.29, 0.717) is 30.5 Å². The Kier molecular flexibility index (Phi) is 4.20. The van der Waals surface area contributed by atoms with Crippen LogP contribution in [0.15, 0.2) is 39.5 Å². The van der Waals surface area contributed by atoms with Gasteiger partial charge in [-0.2, -0.15) is 5.10 Å². The number of benzene rings is 1. The highest BCUT2D eigenvalue weighted by molar-refractivity contribution is 5.63. The summed E-state index contributed by atoms with van der Waals surface area (Å²) in [7, 11) is 0. The Balaban J connectivity index is 1.67. The Morgan fingerprint density at radius 1 is 1.08 bits per heavy atom. The molecule has 26 heavy (non-hydrogen) atoms. The summed E-state index contributed by atoms with van der Waals surface area (Å²) in [6.45, 7) is 5.16. The second-order valence-electron chi connectivity index (χ2n) is 6.18. The lowest BCUT2D eigenvalue weighted by Crippen LogP contribution is -2.23. The number of hydrogen-bond acceptors (Lipinski definition) is 6. The van der Waals surface area contributed by atoms with Crippen LogP contribution in [0.4, 0.5) is 0 Å². The first-order chi connectivity index (χ1) is 12.6. The number of aromatic nitrogens is 3. The van der Waals surface area contributed by atoms with Crippen LogP contribution in [-0.4, -0.2) is 28.0 Å². The zero-order chi connectivity index (χ0) is 18.1. The Labute approximate surface area is 150 Å². The average Bonchev–Trinajstić information content (AvgIpc) is 2.83. The average molecular weight is 353 g/mol. The molecule has 3 heterocycles. The van der Waals surface area contributed by atoms with Gasteiger partial charge in [-0.15, -0.1) is 0 Å². The van der Waals surface area contributed by atoms with Crippen LogP contribution in [-0.2, 0) is 6.54 Å². The van der Waals surface area contributed by atoms with E-state index in [1.807, 2.05) is 32.0 Å². The molecule has 0 radical (unpaired) electrons. The SMILES string of the molecule is Cc1nc(Cn2nc(-c3ccc4c(c3)OCCCO4)ccc2=O)oc1C.